The quantitative estimate of drug-likeness (QED) is 0.336. The van der Waals surface area contributed by atoms with Crippen molar-refractivity contribution < 1.29 is 4.74 Å². The number of aliphatic imine (C=N–C) groups is 1. The number of nitrogens with one attached hydrogen (secondary N) is 2. The Morgan fingerprint density at radius 1 is 1.25 bits per heavy atom. The molecule has 3 rings (SSSR count). The second-order valence-electron chi connectivity index (χ2n) is 8.06. The summed E-state index contributed by atoms with van der Waals surface area (Å²) in [5.74, 6) is 2.49. The molecule has 0 aromatic carbocycles. The minimum absolute atomic E-state index is 0.721. The molecule has 28 heavy (non-hydrogen) atoms. The molecule has 2 heterocycles. The first-order valence-electron chi connectivity index (χ1n) is 10.9. The van der Waals surface area contributed by atoms with Crippen LogP contribution in [0.25, 0.3) is 0 Å². The van der Waals surface area contributed by atoms with Gasteiger partial charge in [0, 0.05) is 45.3 Å². The third-order valence-electron chi connectivity index (χ3n) is 5.58. The third-order valence-corrected chi connectivity index (χ3v) is 6.63. The van der Waals surface area contributed by atoms with Crippen LogP contribution in [0.3, 0.4) is 0 Å². The van der Waals surface area contributed by atoms with Crippen molar-refractivity contribution in [3.63, 3.8) is 0 Å². The van der Waals surface area contributed by atoms with Crippen LogP contribution >= 0.6 is 11.3 Å². The van der Waals surface area contributed by atoms with Gasteiger partial charge in [0.05, 0.1) is 10.7 Å². The summed E-state index contributed by atoms with van der Waals surface area (Å²) in [5, 5.41) is 10.4. The average Bonchev–Trinajstić information content (AvgIpc) is 3.44. The van der Waals surface area contributed by atoms with Crippen LogP contribution in [0.5, 0.6) is 0 Å². The maximum atomic E-state index is 5.68. The second kappa shape index (κ2) is 11.7. The molecule has 0 radical (unpaired) electrons. The van der Waals surface area contributed by atoms with Crippen LogP contribution in [0, 0.1) is 11.8 Å². The lowest BCUT2D eigenvalue weighted by Gasteiger charge is -2.31. The highest BCUT2D eigenvalue weighted by atomic mass is 32.1. The lowest BCUT2D eigenvalue weighted by Crippen LogP contribution is -2.43. The van der Waals surface area contributed by atoms with Crippen molar-refractivity contribution in [1.82, 2.24) is 20.5 Å². The standard InChI is InChI=1S/C21H37N5OS/c1-3-20-25-19(16-28-20)14-26-10-7-17(8-11-26)13-24-21(22-2)23-9-4-12-27-15-18-5-6-18/h16-18H,3-15H2,1-2H3,(H2,22,23,24). The van der Waals surface area contributed by atoms with Crippen LogP contribution in [0.1, 0.15) is 49.7 Å². The molecule has 6 nitrogen and oxygen atoms in total. The first-order valence-corrected chi connectivity index (χ1v) is 11.8. The van der Waals surface area contributed by atoms with Gasteiger partial charge in [0.25, 0.3) is 0 Å². The first kappa shape index (κ1) is 21.5. The number of hydrogen-bond acceptors (Lipinski definition) is 5. The number of rotatable bonds is 11. The van der Waals surface area contributed by atoms with E-state index in [0.29, 0.717) is 0 Å². The Balaban J connectivity index is 1.24. The normalized spacial score (nSPS) is 19.1. The van der Waals surface area contributed by atoms with Gasteiger partial charge in [-0.2, -0.15) is 0 Å². The molecular weight excluding hydrogens is 370 g/mol. The molecule has 158 valence electrons. The van der Waals surface area contributed by atoms with Crippen LogP contribution in [-0.2, 0) is 17.7 Å². The molecule has 0 atom stereocenters. The van der Waals surface area contributed by atoms with E-state index in [1.165, 1.54) is 36.4 Å². The molecule has 0 spiro atoms. The van der Waals surface area contributed by atoms with Gasteiger partial charge in [-0.25, -0.2) is 4.98 Å². The van der Waals surface area contributed by atoms with E-state index < -0.39 is 0 Å². The van der Waals surface area contributed by atoms with Gasteiger partial charge in [0.2, 0.25) is 0 Å². The minimum Gasteiger partial charge on any atom is -0.381 e. The van der Waals surface area contributed by atoms with E-state index in [1.54, 1.807) is 11.3 Å². The van der Waals surface area contributed by atoms with Crippen molar-refractivity contribution in [2.75, 3.05) is 46.4 Å². The van der Waals surface area contributed by atoms with E-state index in [4.69, 9.17) is 9.72 Å². The first-order chi connectivity index (χ1) is 13.8. The van der Waals surface area contributed by atoms with Gasteiger partial charge in [0.15, 0.2) is 5.96 Å². The predicted octanol–water partition coefficient (Wildman–Crippen LogP) is 2.90. The largest absolute Gasteiger partial charge is 0.381 e. The summed E-state index contributed by atoms with van der Waals surface area (Å²) in [6, 6.07) is 0. The topological polar surface area (TPSA) is 61.8 Å². The second-order valence-corrected chi connectivity index (χ2v) is 9.00. The number of ether oxygens (including phenoxy) is 1. The smallest absolute Gasteiger partial charge is 0.190 e. The van der Waals surface area contributed by atoms with E-state index in [0.717, 1.165) is 76.6 Å². The summed E-state index contributed by atoms with van der Waals surface area (Å²) in [5.41, 5.74) is 1.24. The summed E-state index contributed by atoms with van der Waals surface area (Å²) in [6.07, 6.45) is 7.27. The highest BCUT2D eigenvalue weighted by molar-refractivity contribution is 7.09. The van der Waals surface area contributed by atoms with Crippen molar-refractivity contribution in [3.05, 3.63) is 16.1 Å². The fourth-order valence-corrected chi connectivity index (χ4v) is 4.27. The Morgan fingerprint density at radius 2 is 2.07 bits per heavy atom. The zero-order valence-electron chi connectivity index (χ0n) is 17.6. The SMILES string of the molecule is CCc1nc(CN2CCC(CNC(=NC)NCCCOCC3CC3)CC2)cs1. The summed E-state index contributed by atoms with van der Waals surface area (Å²) < 4.78 is 5.68. The zero-order valence-corrected chi connectivity index (χ0v) is 18.4. The molecular formula is C21H37N5OS. The maximum Gasteiger partial charge on any atom is 0.190 e. The Bertz CT molecular complexity index is 593. The van der Waals surface area contributed by atoms with Gasteiger partial charge in [-0.1, -0.05) is 6.92 Å². The van der Waals surface area contributed by atoms with Crippen molar-refractivity contribution in [2.45, 2.75) is 52.0 Å². The number of piperidine rings is 1. The number of aryl methyl sites for hydroxylation is 1. The van der Waals surface area contributed by atoms with Crippen molar-refractivity contribution in [1.29, 1.82) is 0 Å². The van der Waals surface area contributed by atoms with Gasteiger partial charge < -0.3 is 15.4 Å². The van der Waals surface area contributed by atoms with Crippen LogP contribution in [0.4, 0.5) is 0 Å². The molecule has 2 aliphatic rings. The Labute approximate surface area is 174 Å². The highest BCUT2D eigenvalue weighted by Gasteiger charge is 2.21. The number of aromatic nitrogens is 1. The molecule has 1 aliphatic heterocycles. The van der Waals surface area contributed by atoms with Crippen LogP contribution in [0.2, 0.25) is 0 Å². The van der Waals surface area contributed by atoms with E-state index in [9.17, 15) is 0 Å². The van der Waals surface area contributed by atoms with Gasteiger partial charge in [0.1, 0.15) is 0 Å². The minimum atomic E-state index is 0.721. The summed E-state index contributed by atoms with van der Waals surface area (Å²) in [6.45, 7) is 9.21. The molecule has 1 saturated heterocycles. The van der Waals surface area contributed by atoms with Gasteiger partial charge in [-0.3, -0.25) is 9.89 Å². The summed E-state index contributed by atoms with van der Waals surface area (Å²) in [4.78, 5) is 11.6. The fraction of sp³-hybridized carbons (Fsp3) is 0.810. The fourth-order valence-electron chi connectivity index (χ4n) is 3.54. The monoisotopic (exact) mass is 407 g/mol. The van der Waals surface area contributed by atoms with Gasteiger partial charge in [-0.05, 0) is 63.5 Å². The Morgan fingerprint density at radius 3 is 2.75 bits per heavy atom. The summed E-state index contributed by atoms with van der Waals surface area (Å²) >= 11 is 1.79. The van der Waals surface area contributed by atoms with Crippen molar-refractivity contribution in [2.24, 2.45) is 16.8 Å². The molecule has 2 fully saturated rings. The molecule has 7 heteroatoms. The van der Waals surface area contributed by atoms with Crippen LogP contribution in [0.15, 0.2) is 10.4 Å². The van der Waals surface area contributed by atoms with E-state index >= 15 is 0 Å². The molecule has 1 aromatic heterocycles. The number of thiazole rings is 1. The molecule has 0 unspecified atom stereocenters. The molecule has 2 N–H and O–H groups in total. The number of hydrogen-bond donors (Lipinski definition) is 2. The van der Waals surface area contributed by atoms with Gasteiger partial charge >= 0.3 is 0 Å². The lowest BCUT2D eigenvalue weighted by atomic mass is 9.97. The van der Waals surface area contributed by atoms with Crippen LogP contribution in [-0.4, -0.2) is 62.3 Å². The number of nitrogens with zero attached hydrogens (tertiary/aromatic N) is 3. The Hall–Kier alpha value is -1.18. The number of likely N-dealkylation sites (tertiary alicyclic amines) is 1. The molecule has 0 amide bonds. The van der Waals surface area contributed by atoms with E-state index in [1.807, 2.05) is 7.05 Å². The zero-order chi connectivity index (χ0) is 19.6. The number of guanidine groups is 1. The molecule has 1 aromatic rings. The van der Waals surface area contributed by atoms with Crippen LogP contribution < -0.4 is 10.6 Å². The Kier molecular flexibility index (Phi) is 9.02. The third kappa shape index (κ3) is 7.68. The van der Waals surface area contributed by atoms with E-state index in [2.05, 4.69) is 32.8 Å². The molecule has 1 aliphatic carbocycles. The van der Waals surface area contributed by atoms with E-state index in [-0.39, 0.29) is 0 Å². The summed E-state index contributed by atoms with van der Waals surface area (Å²) in [7, 11) is 1.85. The highest BCUT2D eigenvalue weighted by Crippen LogP contribution is 2.28. The molecule has 1 saturated carbocycles. The van der Waals surface area contributed by atoms with Crippen molar-refractivity contribution in [3.8, 4) is 0 Å². The predicted molar refractivity (Wildman–Crippen MR) is 117 cm³/mol. The van der Waals surface area contributed by atoms with Gasteiger partial charge in [-0.15, -0.1) is 11.3 Å². The molecule has 0 bridgehead atoms. The maximum absolute atomic E-state index is 5.68. The average molecular weight is 408 g/mol. The van der Waals surface area contributed by atoms with Crippen molar-refractivity contribution >= 4 is 17.3 Å². The lowest BCUT2D eigenvalue weighted by molar-refractivity contribution is 0.123.